The molecule has 1 aromatic rings. The van der Waals surface area contributed by atoms with E-state index in [2.05, 4.69) is 48.2 Å². The Hall–Kier alpha value is -1.92. The van der Waals surface area contributed by atoms with Crippen LogP contribution in [0.3, 0.4) is 0 Å². The summed E-state index contributed by atoms with van der Waals surface area (Å²) in [5, 5.41) is 14.9. The summed E-state index contributed by atoms with van der Waals surface area (Å²) in [5.74, 6) is 0. The first-order valence-corrected chi connectivity index (χ1v) is 5.59. The second kappa shape index (κ2) is 8.26. The molecule has 0 saturated carbocycles. The van der Waals surface area contributed by atoms with Gasteiger partial charge in [0.15, 0.2) is 7.05 Å². The second-order valence-corrected chi connectivity index (χ2v) is 3.74. The lowest BCUT2D eigenvalue weighted by Crippen LogP contribution is -2.41. The van der Waals surface area contributed by atoms with E-state index in [0.29, 0.717) is 0 Å². The van der Waals surface area contributed by atoms with E-state index in [4.69, 9.17) is 10.7 Å². The molecule has 0 unspecified atom stereocenters. The van der Waals surface area contributed by atoms with Gasteiger partial charge in [0.2, 0.25) is 5.69 Å². The van der Waals surface area contributed by atoms with Crippen LogP contribution in [0.2, 0.25) is 0 Å². The predicted molar refractivity (Wildman–Crippen MR) is 66.4 cm³/mol. The van der Waals surface area contributed by atoms with Crippen molar-refractivity contribution in [3.8, 4) is 6.19 Å². The number of aliphatic imine (C=N–C) groups is 1. The van der Waals surface area contributed by atoms with Gasteiger partial charge in [0.05, 0.1) is 18.4 Å². The largest absolute Gasteiger partial charge is 0.422 e. The van der Waals surface area contributed by atoms with Crippen molar-refractivity contribution in [3.63, 3.8) is 0 Å². The van der Waals surface area contributed by atoms with Crippen molar-refractivity contribution >= 4 is 6.01 Å². The number of rotatable bonds is 3. The van der Waals surface area contributed by atoms with Crippen LogP contribution in [-0.4, -0.2) is 10.7 Å². The van der Waals surface area contributed by atoms with Crippen LogP contribution in [0, 0.1) is 25.3 Å². The molecule has 0 aromatic carbocycles. The fourth-order valence-electron chi connectivity index (χ4n) is 1.55. The van der Waals surface area contributed by atoms with Crippen LogP contribution in [0.5, 0.6) is 0 Å². The molecule has 0 bridgehead atoms. The zero-order valence-corrected chi connectivity index (χ0v) is 10.9. The van der Waals surface area contributed by atoms with Crippen molar-refractivity contribution in [1.82, 2.24) is 4.68 Å². The molecule has 0 saturated heterocycles. The monoisotopic (exact) mass is 233 g/mol. The summed E-state index contributed by atoms with van der Waals surface area (Å²) >= 11 is 0. The normalized spacial score (nSPS) is 8.65. The fraction of sp³-hybridized carbons (Fsp3) is 0.583. The third-order valence-corrected chi connectivity index (χ3v) is 2.52. The van der Waals surface area contributed by atoms with Crippen LogP contribution in [0.4, 0.5) is 0 Å². The summed E-state index contributed by atoms with van der Waals surface area (Å²) in [5.41, 5.74) is 2.70. The molecule has 0 aliphatic carbocycles. The third-order valence-electron chi connectivity index (χ3n) is 2.52. The fourth-order valence-corrected chi connectivity index (χ4v) is 1.55. The minimum Gasteiger partial charge on any atom is -0.422 e. The van der Waals surface area contributed by atoms with Crippen LogP contribution in [0.25, 0.3) is 5.41 Å². The van der Waals surface area contributed by atoms with E-state index in [1.807, 2.05) is 0 Å². The minimum atomic E-state index is 1.15. The molecule has 5 nitrogen and oxygen atoms in total. The number of nitrogens with zero attached hydrogens (tertiary/aromatic N) is 5. The van der Waals surface area contributed by atoms with Crippen LogP contribution in [-0.2, 0) is 13.6 Å². The summed E-state index contributed by atoms with van der Waals surface area (Å²) in [6.07, 6.45) is 3.81. The summed E-state index contributed by atoms with van der Waals surface area (Å²) in [6, 6.07) is 3.51. The molecule has 0 fully saturated rings. The molecule has 0 atom stereocenters. The molecular formula is C12H19N5. The van der Waals surface area contributed by atoms with Gasteiger partial charge >= 0.3 is 0 Å². The first kappa shape index (κ1) is 15.1. The quantitative estimate of drug-likeness (QED) is 0.447. The van der Waals surface area contributed by atoms with E-state index in [1.165, 1.54) is 36.4 Å². The lowest BCUT2D eigenvalue weighted by atomic mass is 10.3. The Balaban J connectivity index is 0.000000437. The van der Waals surface area contributed by atoms with Crippen molar-refractivity contribution in [1.29, 1.82) is 5.26 Å². The second-order valence-electron chi connectivity index (χ2n) is 3.74. The van der Waals surface area contributed by atoms with Gasteiger partial charge in [0.1, 0.15) is 0 Å². The van der Waals surface area contributed by atoms with E-state index in [-0.39, 0.29) is 0 Å². The highest BCUT2D eigenvalue weighted by atomic mass is 15.4. The lowest BCUT2D eigenvalue weighted by Gasteiger charge is -2.00. The van der Waals surface area contributed by atoms with Crippen LogP contribution in [0.1, 0.15) is 31.2 Å². The van der Waals surface area contributed by atoms with Crippen molar-refractivity contribution in [2.24, 2.45) is 12.0 Å². The Labute approximate surface area is 103 Å². The van der Waals surface area contributed by atoms with Crippen molar-refractivity contribution < 1.29 is 4.68 Å². The highest BCUT2D eigenvalue weighted by molar-refractivity contribution is 5.46. The zero-order chi connectivity index (χ0) is 13.3. The molecule has 0 amide bonds. The summed E-state index contributed by atoms with van der Waals surface area (Å²) < 4.78 is 4.56. The first-order chi connectivity index (χ1) is 8.08. The van der Waals surface area contributed by atoms with E-state index >= 15 is 0 Å². The van der Waals surface area contributed by atoms with Crippen LogP contribution in [0.15, 0.2) is 11.1 Å². The van der Waals surface area contributed by atoms with Gasteiger partial charge in [-0.1, -0.05) is 13.3 Å². The van der Waals surface area contributed by atoms with Gasteiger partial charge in [-0.25, -0.2) is 0 Å². The van der Waals surface area contributed by atoms with E-state index < -0.39 is 0 Å². The van der Waals surface area contributed by atoms with Gasteiger partial charge in [0, 0.05) is 13.0 Å². The highest BCUT2D eigenvalue weighted by Gasteiger charge is 2.11. The Morgan fingerprint density at radius 3 is 2.47 bits per heavy atom. The average molecular weight is 233 g/mol. The number of nitriles is 1. The van der Waals surface area contributed by atoms with E-state index in [0.717, 1.165) is 6.54 Å². The van der Waals surface area contributed by atoms with Gasteiger partial charge in [-0.3, -0.25) is 0 Å². The zero-order valence-electron chi connectivity index (χ0n) is 10.9. The Bertz CT molecular complexity index is 432. The molecule has 92 valence electrons. The van der Waals surface area contributed by atoms with Crippen LogP contribution >= 0.6 is 0 Å². The molecule has 0 radical (unpaired) electrons. The van der Waals surface area contributed by atoms with Crippen LogP contribution < -0.4 is 4.68 Å². The Kier molecular flexibility index (Phi) is 7.32. The molecule has 1 rings (SSSR count). The maximum Gasteiger partial charge on any atom is 0.204 e. The van der Waals surface area contributed by atoms with Crippen molar-refractivity contribution in [3.05, 3.63) is 22.9 Å². The van der Waals surface area contributed by atoms with Crippen molar-refractivity contribution in [2.75, 3.05) is 0 Å². The molecule has 1 heterocycles. The molecule has 0 N–H and O–H groups in total. The number of hydrogen-bond acceptors (Lipinski definition) is 2. The topological polar surface area (TPSA) is 67.3 Å². The van der Waals surface area contributed by atoms with Crippen molar-refractivity contribution in [2.45, 2.75) is 40.2 Å². The number of aromatic nitrogens is 2. The molecule has 0 spiro atoms. The maximum atomic E-state index is 7.43. The van der Waals surface area contributed by atoms with Gasteiger partial charge in [-0.15, -0.1) is 10.7 Å². The summed E-state index contributed by atoms with van der Waals surface area (Å²) in [4.78, 5) is 2.58. The van der Waals surface area contributed by atoms with Gasteiger partial charge in [-0.05, 0) is 13.3 Å². The lowest BCUT2D eigenvalue weighted by molar-refractivity contribution is -0.759. The average Bonchev–Trinajstić information content (AvgIpc) is 2.53. The summed E-state index contributed by atoms with van der Waals surface area (Å²) in [7, 11) is 2.12. The third kappa shape index (κ3) is 5.10. The Morgan fingerprint density at radius 1 is 1.53 bits per heavy atom. The molecular weight excluding hydrogens is 214 g/mol. The van der Waals surface area contributed by atoms with Gasteiger partial charge in [-0.2, -0.15) is 9.94 Å². The molecule has 5 heteroatoms. The smallest absolute Gasteiger partial charge is 0.204 e. The van der Waals surface area contributed by atoms with Gasteiger partial charge in [0.25, 0.3) is 0 Å². The SMILES string of the molecule is CCCCn1c(C)cc(C)[n+]1C.N#CN=C=[N-]. The number of unbranched alkanes of at least 4 members (excludes halogenated alkanes) is 1. The summed E-state index contributed by atoms with van der Waals surface area (Å²) in [6.45, 7) is 7.69. The standard InChI is InChI=1S/C10H19N2.C2N3/c1-5-6-7-12-10(3)8-9(2)11(12)4;3-1-5-2-4/h8H,5-7H2,1-4H3;/q+1;-1. The predicted octanol–water partition coefficient (Wildman–Crippen LogP) is 1.94. The minimum absolute atomic E-state index is 1.15. The number of aryl methyl sites for hydroxylation is 2. The molecule has 1 aromatic heterocycles. The maximum absolute atomic E-state index is 7.43. The molecule has 0 aliphatic heterocycles. The Morgan fingerprint density at radius 2 is 2.18 bits per heavy atom. The van der Waals surface area contributed by atoms with E-state index in [1.54, 1.807) is 0 Å². The highest BCUT2D eigenvalue weighted by Crippen LogP contribution is 2.01. The van der Waals surface area contributed by atoms with Gasteiger partial charge < -0.3 is 10.4 Å². The first-order valence-electron chi connectivity index (χ1n) is 5.59. The number of hydrogen-bond donors (Lipinski definition) is 0. The van der Waals surface area contributed by atoms with E-state index in [9.17, 15) is 0 Å². The molecule has 17 heavy (non-hydrogen) atoms. The molecule has 0 aliphatic rings.